The van der Waals surface area contributed by atoms with E-state index in [1.54, 1.807) is 0 Å². The van der Waals surface area contributed by atoms with Crippen molar-refractivity contribution in [1.29, 1.82) is 0 Å². The number of benzene rings is 2. The molecule has 3 N–H and O–H groups in total. The number of nitrogens with one attached hydrogen (secondary N) is 1. The van der Waals surface area contributed by atoms with Crippen molar-refractivity contribution in [2.24, 2.45) is 11.7 Å². The number of carbonyl (C=O) groups is 1. The van der Waals surface area contributed by atoms with Crippen LogP contribution in [-0.2, 0) is 11.3 Å². The molecule has 1 saturated carbocycles. The van der Waals surface area contributed by atoms with E-state index in [1.807, 2.05) is 25.1 Å². The average molecular weight is 333 g/mol. The number of hydrogen-bond acceptors (Lipinski definition) is 2. The molecule has 23 heavy (non-hydrogen) atoms. The average Bonchev–Trinajstić information content (AvgIpc) is 2.52. The van der Waals surface area contributed by atoms with E-state index >= 15 is 0 Å². The SMILES string of the molecule is CC1(N)CCCCC1C(=O)NCc1cccc2ccccc12.Cl. The third-order valence-corrected chi connectivity index (χ3v) is 4.90. The van der Waals surface area contributed by atoms with Gasteiger partial charge in [0, 0.05) is 12.1 Å². The molecule has 1 fully saturated rings. The van der Waals surface area contributed by atoms with Crippen molar-refractivity contribution in [2.45, 2.75) is 44.7 Å². The Labute approximate surface area is 144 Å². The summed E-state index contributed by atoms with van der Waals surface area (Å²) in [6.07, 6.45) is 4.05. The minimum atomic E-state index is -0.374. The van der Waals surface area contributed by atoms with Crippen LogP contribution in [0.3, 0.4) is 0 Å². The Morgan fingerprint density at radius 3 is 2.74 bits per heavy atom. The number of amides is 1. The van der Waals surface area contributed by atoms with Crippen molar-refractivity contribution < 1.29 is 4.79 Å². The first-order valence-corrected chi connectivity index (χ1v) is 8.11. The van der Waals surface area contributed by atoms with E-state index in [4.69, 9.17) is 5.73 Å². The second-order valence-corrected chi connectivity index (χ2v) is 6.66. The summed E-state index contributed by atoms with van der Waals surface area (Å²) < 4.78 is 0. The van der Waals surface area contributed by atoms with Gasteiger partial charge in [-0.05, 0) is 36.1 Å². The lowest BCUT2D eigenvalue weighted by atomic mass is 9.74. The van der Waals surface area contributed by atoms with Crippen LogP contribution in [0.4, 0.5) is 0 Å². The Balaban J connectivity index is 0.00000192. The molecule has 0 bridgehead atoms. The van der Waals surface area contributed by atoms with E-state index in [0.29, 0.717) is 6.54 Å². The van der Waals surface area contributed by atoms with Crippen molar-refractivity contribution in [3.63, 3.8) is 0 Å². The summed E-state index contributed by atoms with van der Waals surface area (Å²) in [7, 11) is 0. The van der Waals surface area contributed by atoms with Gasteiger partial charge in [-0.2, -0.15) is 0 Å². The maximum absolute atomic E-state index is 12.5. The van der Waals surface area contributed by atoms with Crippen LogP contribution >= 0.6 is 12.4 Å². The number of fused-ring (bicyclic) bond motifs is 1. The first-order chi connectivity index (χ1) is 10.6. The van der Waals surface area contributed by atoms with Crippen LogP contribution in [-0.4, -0.2) is 11.4 Å². The van der Waals surface area contributed by atoms with Crippen molar-refractivity contribution in [1.82, 2.24) is 5.32 Å². The Kier molecular flexibility index (Phi) is 5.66. The fraction of sp³-hybridized carbons (Fsp3) is 0.421. The summed E-state index contributed by atoms with van der Waals surface area (Å²) in [5.74, 6) is 0.0221. The highest BCUT2D eigenvalue weighted by molar-refractivity contribution is 5.86. The normalized spacial score (nSPS) is 24.0. The third kappa shape index (κ3) is 3.85. The van der Waals surface area contributed by atoms with Crippen LogP contribution in [0.1, 0.15) is 38.2 Å². The van der Waals surface area contributed by atoms with E-state index in [0.717, 1.165) is 31.2 Å². The van der Waals surface area contributed by atoms with Crippen molar-refractivity contribution in [3.05, 3.63) is 48.0 Å². The molecule has 0 spiro atoms. The van der Waals surface area contributed by atoms with E-state index in [2.05, 4.69) is 29.6 Å². The molecule has 1 aliphatic carbocycles. The van der Waals surface area contributed by atoms with Gasteiger partial charge < -0.3 is 11.1 Å². The van der Waals surface area contributed by atoms with Gasteiger partial charge in [0.15, 0.2) is 0 Å². The minimum Gasteiger partial charge on any atom is -0.352 e. The van der Waals surface area contributed by atoms with E-state index < -0.39 is 0 Å². The number of halogens is 1. The highest BCUT2D eigenvalue weighted by atomic mass is 35.5. The van der Waals surface area contributed by atoms with Gasteiger partial charge in [-0.3, -0.25) is 4.79 Å². The van der Waals surface area contributed by atoms with E-state index in [9.17, 15) is 4.79 Å². The number of hydrogen-bond donors (Lipinski definition) is 2. The first kappa shape index (κ1) is 17.8. The van der Waals surface area contributed by atoms with Gasteiger partial charge in [-0.15, -0.1) is 12.4 Å². The summed E-state index contributed by atoms with van der Waals surface area (Å²) in [6.45, 7) is 2.57. The monoisotopic (exact) mass is 332 g/mol. The molecule has 2 atom stereocenters. The molecule has 0 aromatic heterocycles. The molecular formula is C19H25ClN2O. The fourth-order valence-corrected chi connectivity index (χ4v) is 3.54. The molecule has 0 aliphatic heterocycles. The second-order valence-electron chi connectivity index (χ2n) is 6.66. The van der Waals surface area contributed by atoms with Gasteiger partial charge >= 0.3 is 0 Å². The molecule has 1 amide bonds. The zero-order valence-corrected chi connectivity index (χ0v) is 14.4. The third-order valence-electron chi connectivity index (χ3n) is 4.90. The van der Waals surface area contributed by atoms with Crippen molar-refractivity contribution in [2.75, 3.05) is 0 Å². The van der Waals surface area contributed by atoms with E-state index in [-0.39, 0.29) is 29.8 Å². The Morgan fingerprint density at radius 2 is 1.96 bits per heavy atom. The number of carbonyl (C=O) groups excluding carboxylic acids is 1. The molecular weight excluding hydrogens is 308 g/mol. The van der Waals surface area contributed by atoms with Crippen LogP contribution in [0.5, 0.6) is 0 Å². The quantitative estimate of drug-likeness (QED) is 0.898. The smallest absolute Gasteiger partial charge is 0.225 e. The van der Waals surface area contributed by atoms with Gasteiger partial charge in [0.25, 0.3) is 0 Å². The van der Waals surface area contributed by atoms with Crippen LogP contribution in [0.15, 0.2) is 42.5 Å². The zero-order chi connectivity index (χ0) is 15.6. The Morgan fingerprint density at radius 1 is 1.22 bits per heavy atom. The van der Waals surface area contributed by atoms with Crippen LogP contribution in [0.25, 0.3) is 10.8 Å². The number of rotatable bonds is 3. The summed E-state index contributed by atoms with van der Waals surface area (Å²) in [5, 5.41) is 5.50. The molecule has 3 nitrogen and oxygen atoms in total. The maximum atomic E-state index is 12.5. The minimum absolute atomic E-state index is 0. The summed E-state index contributed by atoms with van der Waals surface area (Å²) in [5.41, 5.74) is 7.10. The predicted octanol–water partition coefficient (Wildman–Crippen LogP) is 3.79. The summed E-state index contributed by atoms with van der Waals surface area (Å²) in [6, 6.07) is 14.5. The van der Waals surface area contributed by atoms with E-state index in [1.165, 1.54) is 10.8 Å². The van der Waals surface area contributed by atoms with Crippen LogP contribution in [0.2, 0.25) is 0 Å². The molecule has 0 saturated heterocycles. The Bertz CT molecular complexity index is 679. The highest BCUT2D eigenvalue weighted by Gasteiger charge is 2.37. The summed E-state index contributed by atoms with van der Waals surface area (Å²) in [4.78, 5) is 12.5. The Hall–Kier alpha value is -1.58. The van der Waals surface area contributed by atoms with Crippen LogP contribution < -0.4 is 11.1 Å². The largest absolute Gasteiger partial charge is 0.352 e. The predicted molar refractivity (Wildman–Crippen MR) is 97.6 cm³/mol. The van der Waals surface area contributed by atoms with Crippen LogP contribution in [0, 0.1) is 5.92 Å². The van der Waals surface area contributed by atoms with Crippen molar-refractivity contribution in [3.8, 4) is 0 Å². The van der Waals surface area contributed by atoms with Gasteiger partial charge in [0.1, 0.15) is 0 Å². The molecule has 3 rings (SSSR count). The lowest BCUT2D eigenvalue weighted by Crippen LogP contribution is -2.52. The standard InChI is InChI=1S/C19H24N2O.ClH/c1-19(20)12-5-4-11-17(19)18(22)21-13-15-9-6-8-14-7-2-3-10-16(14)15;/h2-3,6-10,17H,4-5,11-13,20H2,1H3,(H,21,22);1H. The zero-order valence-electron chi connectivity index (χ0n) is 13.5. The lowest BCUT2D eigenvalue weighted by Gasteiger charge is -2.37. The molecule has 4 heteroatoms. The molecule has 1 aliphatic rings. The highest BCUT2D eigenvalue weighted by Crippen LogP contribution is 2.31. The maximum Gasteiger partial charge on any atom is 0.225 e. The second kappa shape index (κ2) is 7.33. The first-order valence-electron chi connectivity index (χ1n) is 8.11. The molecule has 2 aromatic rings. The van der Waals surface area contributed by atoms with Gasteiger partial charge in [0.2, 0.25) is 5.91 Å². The van der Waals surface area contributed by atoms with Gasteiger partial charge in [0.05, 0.1) is 5.92 Å². The molecule has 0 heterocycles. The molecule has 0 radical (unpaired) electrons. The lowest BCUT2D eigenvalue weighted by molar-refractivity contribution is -0.128. The van der Waals surface area contributed by atoms with Gasteiger partial charge in [-0.1, -0.05) is 55.3 Å². The summed E-state index contributed by atoms with van der Waals surface area (Å²) >= 11 is 0. The topological polar surface area (TPSA) is 55.1 Å². The fourth-order valence-electron chi connectivity index (χ4n) is 3.54. The van der Waals surface area contributed by atoms with Gasteiger partial charge in [-0.25, -0.2) is 0 Å². The van der Waals surface area contributed by atoms with Crippen molar-refractivity contribution >= 4 is 29.1 Å². The molecule has 124 valence electrons. The molecule has 2 aromatic carbocycles. The number of nitrogens with two attached hydrogens (primary N) is 1. The molecule has 2 unspecified atom stereocenters.